The quantitative estimate of drug-likeness (QED) is 0.617. The summed E-state index contributed by atoms with van der Waals surface area (Å²) < 4.78 is 10.6. The first-order chi connectivity index (χ1) is 12.3. The third kappa shape index (κ3) is 4.48. The summed E-state index contributed by atoms with van der Waals surface area (Å²) in [6.07, 6.45) is 0.703. The Morgan fingerprint density at radius 3 is 2.20 bits per heavy atom. The predicted octanol–water partition coefficient (Wildman–Crippen LogP) is 4.64. The average molecular weight is 332 g/mol. The number of benzene rings is 3. The summed E-state index contributed by atoms with van der Waals surface area (Å²) in [6.45, 7) is 0.239. The molecule has 0 saturated carbocycles. The molecule has 3 aromatic carbocycles. The molecule has 126 valence electrons. The van der Waals surface area contributed by atoms with Crippen LogP contribution in [0.4, 0.5) is 0 Å². The Balaban J connectivity index is 1.69. The van der Waals surface area contributed by atoms with Crippen LogP contribution in [0.25, 0.3) is 0 Å². The highest BCUT2D eigenvalue weighted by atomic mass is 16.5. The summed E-state index contributed by atoms with van der Waals surface area (Å²) in [5.41, 5.74) is 3.67. The van der Waals surface area contributed by atoms with Gasteiger partial charge in [-0.15, -0.1) is 0 Å². The van der Waals surface area contributed by atoms with Crippen molar-refractivity contribution in [3.8, 4) is 5.75 Å². The van der Waals surface area contributed by atoms with Gasteiger partial charge in [0.1, 0.15) is 12.4 Å². The molecule has 25 heavy (non-hydrogen) atoms. The van der Waals surface area contributed by atoms with E-state index < -0.39 is 0 Å². The molecule has 0 unspecified atom stereocenters. The fraction of sp³-hybridized carbons (Fsp3) is 0.136. The van der Waals surface area contributed by atoms with Crippen molar-refractivity contribution in [3.63, 3.8) is 0 Å². The SMILES string of the molecule is COc1ccc(COC(=O)c2ccccc2Cc2ccccc2)cc1. The van der Waals surface area contributed by atoms with Crippen molar-refractivity contribution >= 4 is 5.97 Å². The van der Waals surface area contributed by atoms with Crippen LogP contribution in [0, 0.1) is 0 Å². The lowest BCUT2D eigenvalue weighted by molar-refractivity contribution is 0.0471. The van der Waals surface area contributed by atoms with Crippen molar-refractivity contribution in [3.05, 3.63) is 101 Å². The molecule has 0 bridgehead atoms. The molecular weight excluding hydrogens is 312 g/mol. The van der Waals surface area contributed by atoms with Gasteiger partial charge in [-0.3, -0.25) is 0 Å². The van der Waals surface area contributed by atoms with Crippen molar-refractivity contribution in [2.45, 2.75) is 13.0 Å². The minimum absolute atomic E-state index is 0.239. The van der Waals surface area contributed by atoms with E-state index in [9.17, 15) is 4.79 Å². The molecule has 0 atom stereocenters. The van der Waals surface area contributed by atoms with Gasteiger partial charge in [-0.25, -0.2) is 4.79 Å². The van der Waals surface area contributed by atoms with Crippen LogP contribution >= 0.6 is 0 Å². The molecule has 3 rings (SSSR count). The summed E-state index contributed by atoms with van der Waals surface area (Å²) in [4.78, 5) is 12.5. The van der Waals surface area contributed by atoms with Crippen molar-refractivity contribution in [2.24, 2.45) is 0 Å². The number of hydrogen-bond acceptors (Lipinski definition) is 3. The van der Waals surface area contributed by atoms with Crippen LogP contribution in [0.3, 0.4) is 0 Å². The van der Waals surface area contributed by atoms with Crippen molar-refractivity contribution < 1.29 is 14.3 Å². The third-order valence-corrected chi connectivity index (χ3v) is 4.00. The summed E-state index contributed by atoms with van der Waals surface area (Å²) in [7, 11) is 1.62. The minimum Gasteiger partial charge on any atom is -0.497 e. The molecule has 0 heterocycles. The third-order valence-electron chi connectivity index (χ3n) is 4.00. The highest BCUT2D eigenvalue weighted by Crippen LogP contribution is 2.17. The van der Waals surface area contributed by atoms with E-state index in [1.807, 2.05) is 66.7 Å². The van der Waals surface area contributed by atoms with E-state index in [1.54, 1.807) is 7.11 Å². The van der Waals surface area contributed by atoms with Crippen LogP contribution in [0.1, 0.15) is 27.0 Å². The molecule has 0 aromatic heterocycles. The van der Waals surface area contributed by atoms with E-state index in [-0.39, 0.29) is 12.6 Å². The standard InChI is InChI=1S/C22H20O3/c1-24-20-13-11-18(12-14-20)16-25-22(23)21-10-6-5-9-19(21)15-17-7-3-2-4-8-17/h2-14H,15-16H2,1H3. The molecular formula is C22H20O3. The van der Waals surface area contributed by atoms with E-state index in [1.165, 1.54) is 0 Å². The first-order valence-corrected chi connectivity index (χ1v) is 8.18. The zero-order chi connectivity index (χ0) is 17.5. The fourth-order valence-corrected chi connectivity index (χ4v) is 2.64. The van der Waals surface area contributed by atoms with Crippen LogP contribution in [-0.2, 0) is 17.8 Å². The highest BCUT2D eigenvalue weighted by molar-refractivity contribution is 5.91. The molecule has 0 saturated heterocycles. The lowest BCUT2D eigenvalue weighted by Gasteiger charge is -2.10. The molecule has 0 fully saturated rings. The van der Waals surface area contributed by atoms with Crippen molar-refractivity contribution in [2.75, 3.05) is 7.11 Å². The monoisotopic (exact) mass is 332 g/mol. The van der Waals surface area contributed by atoms with Gasteiger partial charge in [0.05, 0.1) is 12.7 Å². The van der Waals surface area contributed by atoms with E-state index in [0.29, 0.717) is 12.0 Å². The topological polar surface area (TPSA) is 35.5 Å². The number of rotatable bonds is 6. The van der Waals surface area contributed by atoms with Gasteiger partial charge in [-0.05, 0) is 41.3 Å². The van der Waals surface area contributed by atoms with Crippen LogP contribution in [0.15, 0.2) is 78.9 Å². The first kappa shape index (κ1) is 16.8. The second-order valence-corrected chi connectivity index (χ2v) is 5.74. The van der Waals surface area contributed by atoms with Crippen molar-refractivity contribution in [1.82, 2.24) is 0 Å². The molecule has 0 aliphatic heterocycles. The zero-order valence-corrected chi connectivity index (χ0v) is 14.1. The summed E-state index contributed by atoms with van der Waals surface area (Å²) in [5.74, 6) is 0.477. The van der Waals surface area contributed by atoms with Crippen LogP contribution in [0.2, 0.25) is 0 Å². The highest BCUT2D eigenvalue weighted by Gasteiger charge is 2.13. The largest absolute Gasteiger partial charge is 0.497 e. The van der Waals surface area contributed by atoms with Gasteiger partial charge in [-0.2, -0.15) is 0 Å². The Hall–Kier alpha value is -3.07. The lowest BCUT2D eigenvalue weighted by Crippen LogP contribution is -2.08. The van der Waals surface area contributed by atoms with Gasteiger partial charge < -0.3 is 9.47 Å². The number of hydrogen-bond donors (Lipinski definition) is 0. The number of ether oxygens (including phenoxy) is 2. The number of carbonyl (C=O) groups is 1. The molecule has 3 aromatic rings. The molecule has 0 aliphatic rings. The van der Waals surface area contributed by atoms with Gasteiger partial charge in [0.15, 0.2) is 0 Å². The first-order valence-electron chi connectivity index (χ1n) is 8.18. The van der Waals surface area contributed by atoms with Crippen LogP contribution in [-0.4, -0.2) is 13.1 Å². The second-order valence-electron chi connectivity index (χ2n) is 5.74. The summed E-state index contributed by atoms with van der Waals surface area (Å²) in [5, 5.41) is 0. The predicted molar refractivity (Wildman–Crippen MR) is 97.8 cm³/mol. The minimum atomic E-state index is -0.303. The second kappa shape index (κ2) is 8.15. The molecule has 0 spiro atoms. The maximum Gasteiger partial charge on any atom is 0.338 e. The molecule has 0 N–H and O–H groups in total. The van der Waals surface area contributed by atoms with Gasteiger partial charge in [-0.1, -0.05) is 60.7 Å². The van der Waals surface area contributed by atoms with Gasteiger partial charge in [0.25, 0.3) is 0 Å². The zero-order valence-electron chi connectivity index (χ0n) is 14.1. The van der Waals surface area contributed by atoms with E-state index in [2.05, 4.69) is 12.1 Å². The Bertz CT molecular complexity index is 823. The van der Waals surface area contributed by atoms with E-state index in [4.69, 9.17) is 9.47 Å². The Morgan fingerprint density at radius 1 is 0.800 bits per heavy atom. The fourth-order valence-electron chi connectivity index (χ4n) is 2.64. The van der Waals surface area contributed by atoms with E-state index in [0.717, 1.165) is 22.4 Å². The molecule has 0 amide bonds. The molecule has 0 radical (unpaired) electrons. The normalized spacial score (nSPS) is 10.3. The van der Waals surface area contributed by atoms with Crippen LogP contribution < -0.4 is 4.74 Å². The Morgan fingerprint density at radius 2 is 1.48 bits per heavy atom. The van der Waals surface area contributed by atoms with E-state index >= 15 is 0 Å². The molecule has 3 heteroatoms. The maximum atomic E-state index is 12.5. The van der Waals surface area contributed by atoms with Crippen LogP contribution in [0.5, 0.6) is 5.75 Å². The Labute approximate surface area is 147 Å². The van der Waals surface area contributed by atoms with Crippen molar-refractivity contribution in [1.29, 1.82) is 0 Å². The number of methoxy groups -OCH3 is 1. The lowest BCUT2D eigenvalue weighted by atomic mass is 10.00. The number of carbonyl (C=O) groups excluding carboxylic acids is 1. The number of esters is 1. The summed E-state index contributed by atoms with van der Waals surface area (Å²) >= 11 is 0. The Kier molecular flexibility index (Phi) is 5.47. The maximum absolute atomic E-state index is 12.5. The summed E-state index contributed by atoms with van der Waals surface area (Å²) in [6, 6.07) is 25.2. The average Bonchev–Trinajstić information content (AvgIpc) is 2.68. The molecule has 0 aliphatic carbocycles. The molecule has 3 nitrogen and oxygen atoms in total. The van der Waals surface area contributed by atoms with Gasteiger partial charge in [0, 0.05) is 0 Å². The smallest absolute Gasteiger partial charge is 0.338 e. The van der Waals surface area contributed by atoms with Gasteiger partial charge >= 0.3 is 5.97 Å². The van der Waals surface area contributed by atoms with Gasteiger partial charge in [0.2, 0.25) is 0 Å².